The lowest BCUT2D eigenvalue weighted by molar-refractivity contribution is 0.00746. The maximum Gasteiger partial charge on any atom is 0.283 e. The number of hydrogen-bond donors (Lipinski definition) is 2. The number of pyridine rings is 1. The Morgan fingerprint density at radius 1 is 1.24 bits per heavy atom. The van der Waals surface area contributed by atoms with Crippen LogP contribution in [-0.2, 0) is 10.3 Å². The molecule has 0 saturated heterocycles. The molecule has 29 heavy (non-hydrogen) atoms. The first-order chi connectivity index (χ1) is 14.0. The molecule has 3 atom stereocenters. The second-order valence-electron chi connectivity index (χ2n) is 7.74. The van der Waals surface area contributed by atoms with Crippen LogP contribution in [0.5, 0.6) is 5.75 Å². The molecule has 0 bridgehead atoms. The molecule has 2 unspecified atom stereocenters. The molecular weight excluding hydrogens is 436 g/mol. The van der Waals surface area contributed by atoms with Crippen LogP contribution in [0.2, 0.25) is 0 Å². The fraction of sp³-hybridized carbons (Fsp3) is 0.381. The molecule has 8 heteroatoms. The first-order valence-corrected chi connectivity index (χ1v) is 10.6. The van der Waals surface area contributed by atoms with E-state index in [0.29, 0.717) is 18.0 Å². The summed E-state index contributed by atoms with van der Waals surface area (Å²) < 4.78 is 12.8. The molecule has 7 nitrogen and oxygen atoms in total. The first-order valence-electron chi connectivity index (χ1n) is 9.77. The predicted molar refractivity (Wildman–Crippen MR) is 112 cm³/mol. The lowest BCUT2D eigenvalue weighted by Crippen LogP contribution is -2.49. The van der Waals surface area contributed by atoms with Crippen LogP contribution in [0.4, 0.5) is 5.69 Å². The summed E-state index contributed by atoms with van der Waals surface area (Å²) >= 11 is 3.33. The van der Waals surface area contributed by atoms with Gasteiger partial charge >= 0.3 is 0 Å². The third kappa shape index (κ3) is 3.15. The maximum absolute atomic E-state index is 12.6. The summed E-state index contributed by atoms with van der Waals surface area (Å²) in [7, 11) is 0. The number of aliphatic imine (C=N–C) groups is 1. The van der Waals surface area contributed by atoms with Gasteiger partial charge in [-0.15, -0.1) is 0 Å². The average Bonchev–Trinajstić information content (AvgIpc) is 3.11. The number of anilines is 1. The summed E-state index contributed by atoms with van der Waals surface area (Å²) in [5, 5.41) is 2.92. The number of amidine groups is 1. The van der Waals surface area contributed by atoms with Gasteiger partial charge in [0.1, 0.15) is 29.7 Å². The smallest absolute Gasteiger partial charge is 0.283 e. The summed E-state index contributed by atoms with van der Waals surface area (Å²) in [5.41, 5.74) is 7.30. The van der Waals surface area contributed by atoms with Crippen LogP contribution in [0.15, 0.2) is 46.0 Å². The van der Waals surface area contributed by atoms with Gasteiger partial charge in [0.05, 0.1) is 0 Å². The molecular formula is C21H21BrN4O3. The van der Waals surface area contributed by atoms with Gasteiger partial charge in [-0.05, 0) is 65.5 Å². The molecule has 2 aromatic rings. The number of amides is 1. The van der Waals surface area contributed by atoms with Crippen LogP contribution in [0, 0.1) is 5.92 Å². The van der Waals surface area contributed by atoms with E-state index in [4.69, 9.17) is 20.2 Å². The number of nitrogens with zero attached hydrogens (tertiary/aromatic N) is 2. The average molecular weight is 457 g/mol. The predicted octanol–water partition coefficient (Wildman–Crippen LogP) is 3.59. The minimum absolute atomic E-state index is 0.113. The van der Waals surface area contributed by atoms with Gasteiger partial charge in [0.2, 0.25) is 0 Å². The molecule has 3 N–H and O–H groups in total. The van der Waals surface area contributed by atoms with Crippen molar-refractivity contribution in [1.29, 1.82) is 0 Å². The number of benzene rings is 1. The summed E-state index contributed by atoms with van der Waals surface area (Å²) in [6, 6.07) is 9.35. The van der Waals surface area contributed by atoms with Crippen molar-refractivity contribution in [3.05, 3.63) is 52.3 Å². The Kier molecular flexibility index (Phi) is 4.46. The molecule has 1 amide bonds. The normalized spacial score (nSPS) is 27.3. The molecule has 150 valence electrons. The topological polar surface area (TPSA) is 98.8 Å². The Balaban J connectivity index is 1.50. The van der Waals surface area contributed by atoms with Gasteiger partial charge < -0.3 is 20.5 Å². The molecule has 2 aliphatic heterocycles. The maximum atomic E-state index is 12.6. The summed E-state index contributed by atoms with van der Waals surface area (Å²) in [4.78, 5) is 21.5. The Morgan fingerprint density at radius 2 is 2.10 bits per heavy atom. The monoisotopic (exact) mass is 456 g/mol. The molecule has 1 saturated carbocycles. The van der Waals surface area contributed by atoms with Crippen LogP contribution < -0.4 is 15.8 Å². The van der Waals surface area contributed by atoms with Crippen LogP contribution in [-0.4, -0.2) is 29.6 Å². The van der Waals surface area contributed by atoms with Crippen molar-refractivity contribution in [3.8, 4) is 5.75 Å². The van der Waals surface area contributed by atoms with E-state index in [1.165, 1.54) is 0 Å². The van der Waals surface area contributed by atoms with E-state index in [9.17, 15) is 4.79 Å². The van der Waals surface area contributed by atoms with Gasteiger partial charge in [0.25, 0.3) is 11.9 Å². The minimum atomic E-state index is -0.556. The van der Waals surface area contributed by atoms with E-state index in [-0.39, 0.29) is 24.0 Å². The lowest BCUT2D eigenvalue weighted by atomic mass is 9.68. The summed E-state index contributed by atoms with van der Waals surface area (Å²) in [5.74, 6) is 0.725. The van der Waals surface area contributed by atoms with Crippen molar-refractivity contribution >= 4 is 33.5 Å². The van der Waals surface area contributed by atoms with E-state index < -0.39 is 5.54 Å². The van der Waals surface area contributed by atoms with Crippen molar-refractivity contribution in [3.63, 3.8) is 0 Å². The molecule has 0 radical (unpaired) electrons. The number of ether oxygens (including phenoxy) is 2. The number of halogens is 1. The van der Waals surface area contributed by atoms with Crippen molar-refractivity contribution in [1.82, 2.24) is 4.98 Å². The summed E-state index contributed by atoms with van der Waals surface area (Å²) in [6.07, 6.45) is 6.03. The van der Waals surface area contributed by atoms with Gasteiger partial charge in [0, 0.05) is 27.8 Å². The van der Waals surface area contributed by atoms with Gasteiger partial charge in [-0.2, -0.15) is 0 Å². The third-order valence-electron chi connectivity index (χ3n) is 6.01. The molecule has 1 aromatic heterocycles. The highest BCUT2D eigenvalue weighted by Crippen LogP contribution is 2.52. The van der Waals surface area contributed by atoms with E-state index in [0.717, 1.165) is 41.5 Å². The molecule has 3 aliphatic rings. The molecule has 3 heterocycles. The van der Waals surface area contributed by atoms with Crippen molar-refractivity contribution in [2.45, 2.75) is 37.3 Å². The highest BCUT2D eigenvalue weighted by Gasteiger charge is 2.54. The number of carbonyl (C=O) groups excluding carboxylic acids is 1. The van der Waals surface area contributed by atoms with Crippen LogP contribution >= 0.6 is 15.9 Å². The largest absolute Gasteiger partial charge is 0.490 e. The van der Waals surface area contributed by atoms with E-state index in [1.807, 2.05) is 18.2 Å². The molecule has 1 aromatic carbocycles. The Morgan fingerprint density at radius 3 is 2.86 bits per heavy atom. The van der Waals surface area contributed by atoms with Gasteiger partial charge in [-0.1, -0.05) is 6.42 Å². The van der Waals surface area contributed by atoms with E-state index in [1.54, 1.807) is 18.3 Å². The Bertz CT molecular complexity index is 994. The lowest BCUT2D eigenvalue weighted by Gasteiger charge is -2.46. The fourth-order valence-corrected chi connectivity index (χ4v) is 4.91. The second-order valence-corrected chi connectivity index (χ2v) is 8.65. The van der Waals surface area contributed by atoms with Gasteiger partial charge in [0.15, 0.2) is 0 Å². The highest BCUT2D eigenvalue weighted by atomic mass is 79.9. The van der Waals surface area contributed by atoms with Crippen molar-refractivity contribution in [2.24, 2.45) is 16.6 Å². The van der Waals surface area contributed by atoms with Crippen molar-refractivity contribution in [2.75, 3.05) is 11.9 Å². The SMILES string of the molecule is NC1=NC2(CO1)c1cc(NC(=O)c3ccc(Br)cn3)ccc1O[C@@H]1CCCCC12. The number of nitrogens with one attached hydrogen (secondary N) is 1. The third-order valence-corrected chi connectivity index (χ3v) is 6.48. The number of fused-ring (bicyclic) bond motifs is 4. The quantitative estimate of drug-likeness (QED) is 0.719. The standard InChI is InChI=1S/C21H21BrN4O3/c22-12-5-7-16(24-10-12)19(27)25-13-6-8-18-15(9-13)21(11-28-20(23)26-21)14-3-1-2-4-17(14)29-18/h5-10,14,17H,1-4,11H2,(H2,23,26)(H,25,27)/t14?,17-,21?/m1/s1. The van der Waals surface area contributed by atoms with E-state index >= 15 is 0 Å². The molecule has 1 aliphatic carbocycles. The second kappa shape index (κ2) is 7.02. The van der Waals surface area contributed by atoms with Gasteiger partial charge in [-0.25, -0.2) is 9.98 Å². The zero-order valence-electron chi connectivity index (χ0n) is 15.7. The Hall–Kier alpha value is -2.61. The number of rotatable bonds is 2. The first kappa shape index (κ1) is 18.4. The van der Waals surface area contributed by atoms with Crippen LogP contribution in [0.1, 0.15) is 41.7 Å². The minimum Gasteiger partial charge on any atom is -0.490 e. The van der Waals surface area contributed by atoms with Gasteiger partial charge in [-0.3, -0.25) is 4.79 Å². The molecule has 5 rings (SSSR count). The Labute approximate surface area is 176 Å². The van der Waals surface area contributed by atoms with Crippen molar-refractivity contribution < 1.29 is 14.3 Å². The van der Waals surface area contributed by atoms with E-state index in [2.05, 4.69) is 26.2 Å². The fourth-order valence-electron chi connectivity index (χ4n) is 4.67. The highest BCUT2D eigenvalue weighted by molar-refractivity contribution is 9.10. The number of carbonyl (C=O) groups is 1. The zero-order chi connectivity index (χ0) is 20.0. The zero-order valence-corrected chi connectivity index (χ0v) is 17.3. The van der Waals surface area contributed by atoms with Crippen LogP contribution in [0.3, 0.4) is 0 Å². The van der Waals surface area contributed by atoms with Crippen LogP contribution in [0.25, 0.3) is 0 Å². The molecule has 1 fully saturated rings. The number of nitrogens with two attached hydrogens (primary N) is 1. The summed E-state index contributed by atoms with van der Waals surface area (Å²) in [6.45, 7) is 0.405. The molecule has 1 spiro atoms. The number of aromatic nitrogens is 1. The number of hydrogen-bond acceptors (Lipinski definition) is 6.